The topological polar surface area (TPSA) is 60.2 Å². The number of methoxy groups -OCH3 is 1. The number of nitrogens with two attached hydrogens (primary N) is 1. The highest BCUT2D eigenvalue weighted by atomic mass is 35.5. The van der Waals surface area contributed by atoms with E-state index in [2.05, 4.69) is 10.4 Å². The van der Waals surface area contributed by atoms with Crippen LogP contribution in [0.4, 0.5) is 0 Å². The molecule has 0 aliphatic carbocycles. The number of benzene rings is 1. The number of nitrogens with zero attached hydrogens (tertiary/aromatic N) is 1. The molecule has 1 aromatic carbocycles. The second-order valence-electron chi connectivity index (χ2n) is 3.74. The molecule has 18 heavy (non-hydrogen) atoms. The third-order valence-electron chi connectivity index (χ3n) is 2.65. The Hall–Kier alpha value is -1.62. The molecule has 1 heterocycles. The van der Waals surface area contributed by atoms with Gasteiger partial charge in [-0.15, -0.1) is 0 Å². The van der Waals surface area contributed by atoms with Crippen molar-refractivity contribution in [3.8, 4) is 5.75 Å². The number of pyridine rings is 1. The van der Waals surface area contributed by atoms with Crippen LogP contribution in [0, 0.1) is 0 Å². The number of hydrogen-bond donors (Lipinski definition) is 2. The van der Waals surface area contributed by atoms with E-state index in [0.717, 1.165) is 11.3 Å². The second kappa shape index (κ2) is 5.82. The van der Waals surface area contributed by atoms with Crippen LogP contribution in [0.2, 0.25) is 5.02 Å². The molecule has 0 saturated carbocycles. The van der Waals surface area contributed by atoms with Crippen molar-refractivity contribution >= 4 is 11.6 Å². The summed E-state index contributed by atoms with van der Waals surface area (Å²) >= 11 is 6.02. The van der Waals surface area contributed by atoms with Gasteiger partial charge in [-0.1, -0.05) is 17.7 Å². The number of aromatic nitrogens is 1. The summed E-state index contributed by atoms with van der Waals surface area (Å²) in [5.41, 5.74) is 4.39. The van der Waals surface area contributed by atoms with Gasteiger partial charge < -0.3 is 4.74 Å². The van der Waals surface area contributed by atoms with Crippen LogP contribution < -0.4 is 16.0 Å². The van der Waals surface area contributed by atoms with Crippen LogP contribution in [-0.2, 0) is 0 Å². The van der Waals surface area contributed by atoms with Crippen molar-refractivity contribution in [1.29, 1.82) is 0 Å². The van der Waals surface area contributed by atoms with Gasteiger partial charge in [0.1, 0.15) is 5.75 Å². The van der Waals surface area contributed by atoms with Crippen molar-refractivity contribution in [3.63, 3.8) is 0 Å². The lowest BCUT2D eigenvalue weighted by atomic mass is 10.0. The summed E-state index contributed by atoms with van der Waals surface area (Å²) in [6.07, 6.45) is 1.72. The molecule has 2 rings (SSSR count). The zero-order chi connectivity index (χ0) is 13.0. The maximum absolute atomic E-state index is 6.02. The Labute approximate surface area is 111 Å². The Bertz CT molecular complexity index is 519. The van der Waals surface area contributed by atoms with Gasteiger partial charge in [-0.3, -0.25) is 10.8 Å². The highest BCUT2D eigenvalue weighted by molar-refractivity contribution is 6.30. The molecule has 0 spiro atoms. The number of nitrogens with one attached hydrogen (secondary N) is 1. The van der Waals surface area contributed by atoms with E-state index in [9.17, 15) is 0 Å². The summed E-state index contributed by atoms with van der Waals surface area (Å²) in [4.78, 5) is 4.29. The Balaban J connectivity index is 2.48. The largest absolute Gasteiger partial charge is 0.496 e. The third-order valence-corrected chi connectivity index (χ3v) is 2.89. The number of hydrazine groups is 1. The molecule has 0 fully saturated rings. The Morgan fingerprint density at radius 1 is 1.33 bits per heavy atom. The maximum Gasteiger partial charge on any atom is 0.124 e. The third kappa shape index (κ3) is 2.61. The minimum atomic E-state index is -0.264. The predicted octanol–water partition coefficient (Wildman–Crippen LogP) is 2.30. The number of hydrogen-bond acceptors (Lipinski definition) is 4. The van der Waals surface area contributed by atoms with Crippen molar-refractivity contribution < 1.29 is 4.74 Å². The van der Waals surface area contributed by atoms with Crippen LogP contribution in [0.1, 0.15) is 17.3 Å². The average molecular weight is 264 g/mol. The summed E-state index contributed by atoms with van der Waals surface area (Å²) < 4.78 is 5.32. The van der Waals surface area contributed by atoms with E-state index in [1.54, 1.807) is 19.4 Å². The first kappa shape index (κ1) is 12.8. The smallest absolute Gasteiger partial charge is 0.124 e. The first-order valence-corrected chi connectivity index (χ1v) is 5.84. The van der Waals surface area contributed by atoms with Gasteiger partial charge in [0.2, 0.25) is 0 Å². The SMILES string of the molecule is COc1ccc(Cl)cc1C(NN)c1ccccn1. The van der Waals surface area contributed by atoms with Gasteiger partial charge in [0.15, 0.2) is 0 Å². The van der Waals surface area contributed by atoms with E-state index in [0.29, 0.717) is 10.8 Å². The molecule has 2 aromatic rings. The van der Waals surface area contributed by atoms with Crippen LogP contribution >= 0.6 is 11.6 Å². The average Bonchev–Trinajstić information content (AvgIpc) is 2.41. The van der Waals surface area contributed by atoms with E-state index >= 15 is 0 Å². The van der Waals surface area contributed by atoms with Crippen molar-refractivity contribution in [2.45, 2.75) is 6.04 Å². The van der Waals surface area contributed by atoms with Gasteiger partial charge in [-0.05, 0) is 30.3 Å². The molecule has 0 aliphatic rings. The molecule has 0 saturated heterocycles. The first-order chi connectivity index (χ1) is 8.76. The van der Waals surface area contributed by atoms with Gasteiger partial charge >= 0.3 is 0 Å². The monoisotopic (exact) mass is 263 g/mol. The quantitative estimate of drug-likeness (QED) is 0.656. The molecule has 1 atom stereocenters. The zero-order valence-electron chi connectivity index (χ0n) is 9.93. The van der Waals surface area contributed by atoms with Crippen LogP contribution in [0.5, 0.6) is 5.75 Å². The Morgan fingerprint density at radius 3 is 2.78 bits per heavy atom. The van der Waals surface area contributed by atoms with E-state index in [1.807, 2.05) is 30.3 Å². The molecule has 0 bridgehead atoms. The molecule has 4 nitrogen and oxygen atoms in total. The van der Waals surface area contributed by atoms with Gasteiger partial charge in [-0.2, -0.15) is 0 Å². The van der Waals surface area contributed by atoms with Gasteiger partial charge in [0.05, 0.1) is 18.8 Å². The lowest BCUT2D eigenvalue weighted by Gasteiger charge is -2.18. The lowest BCUT2D eigenvalue weighted by molar-refractivity contribution is 0.404. The van der Waals surface area contributed by atoms with Crippen LogP contribution in [0.15, 0.2) is 42.6 Å². The maximum atomic E-state index is 6.02. The predicted molar refractivity (Wildman–Crippen MR) is 71.4 cm³/mol. The normalized spacial score (nSPS) is 12.2. The Kier molecular flexibility index (Phi) is 4.15. The molecule has 1 aromatic heterocycles. The molecule has 0 radical (unpaired) electrons. The second-order valence-corrected chi connectivity index (χ2v) is 4.18. The molecule has 0 amide bonds. The summed E-state index contributed by atoms with van der Waals surface area (Å²) in [6.45, 7) is 0. The minimum absolute atomic E-state index is 0.264. The fourth-order valence-electron chi connectivity index (χ4n) is 1.81. The molecule has 3 N–H and O–H groups in total. The first-order valence-electron chi connectivity index (χ1n) is 5.46. The number of halogens is 1. The molecular weight excluding hydrogens is 250 g/mol. The highest BCUT2D eigenvalue weighted by Gasteiger charge is 2.18. The van der Waals surface area contributed by atoms with E-state index < -0.39 is 0 Å². The van der Waals surface area contributed by atoms with Gasteiger partial charge in [0.25, 0.3) is 0 Å². The zero-order valence-corrected chi connectivity index (χ0v) is 10.7. The van der Waals surface area contributed by atoms with Crippen LogP contribution in [-0.4, -0.2) is 12.1 Å². The van der Waals surface area contributed by atoms with Crippen molar-refractivity contribution in [3.05, 3.63) is 58.9 Å². The molecule has 94 valence electrons. The fraction of sp³-hybridized carbons (Fsp3) is 0.154. The van der Waals surface area contributed by atoms with Crippen molar-refractivity contribution in [1.82, 2.24) is 10.4 Å². The highest BCUT2D eigenvalue weighted by Crippen LogP contribution is 2.30. The van der Waals surface area contributed by atoms with Crippen molar-refractivity contribution in [2.24, 2.45) is 5.84 Å². The summed E-state index contributed by atoms with van der Waals surface area (Å²) in [5, 5.41) is 0.627. The number of ether oxygens (including phenoxy) is 1. The summed E-state index contributed by atoms with van der Waals surface area (Å²) in [7, 11) is 1.61. The molecule has 1 unspecified atom stereocenters. The Morgan fingerprint density at radius 2 is 2.17 bits per heavy atom. The minimum Gasteiger partial charge on any atom is -0.496 e. The van der Waals surface area contributed by atoms with E-state index in [1.165, 1.54) is 0 Å². The van der Waals surface area contributed by atoms with Crippen LogP contribution in [0.25, 0.3) is 0 Å². The fourth-order valence-corrected chi connectivity index (χ4v) is 1.99. The standard InChI is InChI=1S/C13H14ClN3O/c1-18-12-6-5-9(14)8-10(12)13(17-15)11-4-2-3-7-16-11/h2-8,13,17H,15H2,1H3. The van der Waals surface area contributed by atoms with Crippen LogP contribution in [0.3, 0.4) is 0 Å². The number of rotatable bonds is 4. The van der Waals surface area contributed by atoms with Gasteiger partial charge in [0, 0.05) is 16.8 Å². The molecular formula is C13H14ClN3O. The van der Waals surface area contributed by atoms with Gasteiger partial charge in [-0.25, -0.2) is 5.43 Å². The van der Waals surface area contributed by atoms with E-state index in [4.69, 9.17) is 22.2 Å². The molecule has 5 heteroatoms. The summed E-state index contributed by atoms with van der Waals surface area (Å²) in [6, 6.07) is 10.8. The lowest BCUT2D eigenvalue weighted by Crippen LogP contribution is -2.29. The van der Waals surface area contributed by atoms with E-state index in [-0.39, 0.29) is 6.04 Å². The summed E-state index contributed by atoms with van der Waals surface area (Å²) in [5.74, 6) is 6.34. The van der Waals surface area contributed by atoms with Crippen molar-refractivity contribution in [2.75, 3.05) is 7.11 Å². The molecule has 0 aliphatic heterocycles.